The Morgan fingerprint density at radius 1 is 0.875 bits per heavy atom. The van der Waals surface area contributed by atoms with Crippen LogP contribution in [-0.4, -0.2) is 31.5 Å². The Kier molecular flexibility index (Phi) is 5.63. The second-order valence-corrected chi connectivity index (χ2v) is 7.90. The van der Waals surface area contributed by atoms with Crippen LogP contribution in [0.2, 0.25) is 0 Å². The summed E-state index contributed by atoms with van der Waals surface area (Å²) in [4.78, 5) is 16.8. The molecule has 0 N–H and O–H groups in total. The molecular formula is C25H18N4O2S. The highest BCUT2D eigenvalue weighted by molar-refractivity contribution is 7.99. The van der Waals surface area contributed by atoms with Crippen LogP contribution in [0.25, 0.3) is 27.8 Å². The number of ether oxygens (including phenoxy) is 1. The van der Waals surface area contributed by atoms with Crippen LogP contribution >= 0.6 is 11.8 Å². The molecule has 0 aliphatic carbocycles. The molecule has 0 aliphatic rings. The molecule has 0 amide bonds. The fraction of sp³-hybridized carbons (Fsp3) is 0.0400. The lowest BCUT2D eigenvalue weighted by Gasteiger charge is -2.10. The lowest BCUT2D eigenvalue weighted by atomic mass is 10.1. The summed E-state index contributed by atoms with van der Waals surface area (Å²) in [6.45, 7) is 0. The van der Waals surface area contributed by atoms with Crippen molar-refractivity contribution >= 4 is 28.5 Å². The van der Waals surface area contributed by atoms with Gasteiger partial charge in [-0.25, -0.2) is 0 Å². The predicted octanol–water partition coefficient (Wildman–Crippen LogP) is 5.18. The number of carbonyl (C=O) groups is 1. The van der Waals surface area contributed by atoms with Crippen LogP contribution in [0.5, 0.6) is 5.75 Å². The van der Waals surface area contributed by atoms with Crippen molar-refractivity contribution in [2.24, 2.45) is 0 Å². The molecule has 0 saturated carbocycles. The van der Waals surface area contributed by atoms with Crippen LogP contribution in [0, 0.1) is 0 Å². The molecule has 0 saturated heterocycles. The summed E-state index contributed by atoms with van der Waals surface area (Å²) in [5, 5.41) is 11.2. The van der Waals surface area contributed by atoms with E-state index in [0.29, 0.717) is 16.7 Å². The second kappa shape index (κ2) is 9.03. The van der Waals surface area contributed by atoms with Crippen molar-refractivity contribution in [1.82, 2.24) is 19.7 Å². The lowest BCUT2D eigenvalue weighted by molar-refractivity contribution is -0.131. The summed E-state index contributed by atoms with van der Waals surface area (Å²) in [5.41, 5.74) is 1.75. The maximum Gasteiger partial charge on any atom is 0.321 e. The highest BCUT2D eigenvalue weighted by Gasteiger charge is 2.18. The van der Waals surface area contributed by atoms with Crippen molar-refractivity contribution in [3.8, 4) is 22.8 Å². The van der Waals surface area contributed by atoms with E-state index in [9.17, 15) is 4.79 Å². The molecule has 0 atom stereocenters. The third-order valence-corrected chi connectivity index (χ3v) is 5.76. The zero-order valence-corrected chi connectivity index (χ0v) is 17.8. The Morgan fingerprint density at radius 2 is 1.69 bits per heavy atom. The van der Waals surface area contributed by atoms with Crippen LogP contribution in [0.3, 0.4) is 0 Å². The Hall–Kier alpha value is -3.97. The molecule has 156 valence electrons. The molecule has 32 heavy (non-hydrogen) atoms. The first-order valence-corrected chi connectivity index (χ1v) is 11.0. The minimum absolute atomic E-state index is 0.0984. The molecule has 5 rings (SSSR count). The van der Waals surface area contributed by atoms with E-state index >= 15 is 0 Å². The normalized spacial score (nSPS) is 10.9. The number of hydrogen-bond donors (Lipinski definition) is 0. The van der Waals surface area contributed by atoms with Gasteiger partial charge in [0.05, 0.1) is 5.75 Å². The van der Waals surface area contributed by atoms with Gasteiger partial charge in [0.2, 0.25) is 0 Å². The van der Waals surface area contributed by atoms with Crippen LogP contribution in [0.4, 0.5) is 0 Å². The molecule has 2 heterocycles. The van der Waals surface area contributed by atoms with E-state index in [1.165, 1.54) is 11.8 Å². The standard InChI is InChI=1S/C25H18N4O2S/c30-23(31-22-14-6-9-18-8-4-5-13-21(18)22)17-32-25-28-27-24(19-10-7-15-26-16-19)29(25)20-11-2-1-3-12-20/h1-16H,17H2. The average Bonchev–Trinajstić information content (AvgIpc) is 3.28. The van der Waals surface area contributed by atoms with Gasteiger partial charge >= 0.3 is 5.97 Å². The topological polar surface area (TPSA) is 69.9 Å². The first-order chi connectivity index (χ1) is 15.8. The van der Waals surface area contributed by atoms with Crippen molar-refractivity contribution in [2.75, 3.05) is 5.75 Å². The number of aromatic nitrogens is 4. The first-order valence-electron chi connectivity index (χ1n) is 10.0. The number of fused-ring (bicyclic) bond motifs is 1. The zero-order valence-electron chi connectivity index (χ0n) is 17.0. The Balaban J connectivity index is 1.40. The van der Waals surface area contributed by atoms with Gasteiger partial charge in [-0.1, -0.05) is 66.4 Å². The molecule has 0 unspecified atom stereocenters. The number of hydrogen-bond acceptors (Lipinski definition) is 6. The quantitative estimate of drug-likeness (QED) is 0.207. The Bertz CT molecular complexity index is 1370. The summed E-state index contributed by atoms with van der Waals surface area (Å²) in [7, 11) is 0. The number of rotatable bonds is 6. The van der Waals surface area contributed by atoms with Gasteiger partial charge in [-0.15, -0.1) is 10.2 Å². The van der Waals surface area contributed by atoms with E-state index in [0.717, 1.165) is 22.0 Å². The van der Waals surface area contributed by atoms with Gasteiger partial charge in [0, 0.05) is 29.0 Å². The van der Waals surface area contributed by atoms with Crippen molar-refractivity contribution in [1.29, 1.82) is 0 Å². The molecule has 0 spiro atoms. The monoisotopic (exact) mass is 438 g/mol. The minimum atomic E-state index is -0.350. The summed E-state index contributed by atoms with van der Waals surface area (Å²) in [6.07, 6.45) is 3.46. The number of pyridine rings is 1. The molecule has 0 aliphatic heterocycles. The number of carbonyl (C=O) groups excluding carboxylic acids is 1. The van der Waals surface area contributed by atoms with Crippen molar-refractivity contribution < 1.29 is 9.53 Å². The van der Waals surface area contributed by atoms with Gasteiger partial charge in [0.1, 0.15) is 5.75 Å². The molecule has 3 aromatic carbocycles. The smallest absolute Gasteiger partial charge is 0.321 e. The fourth-order valence-electron chi connectivity index (χ4n) is 3.42. The number of para-hydroxylation sites is 1. The largest absolute Gasteiger partial charge is 0.425 e. The van der Waals surface area contributed by atoms with Crippen LogP contribution in [0.1, 0.15) is 0 Å². The molecule has 7 heteroatoms. The van der Waals surface area contributed by atoms with E-state index in [1.807, 2.05) is 83.4 Å². The van der Waals surface area contributed by atoms with Crippen LogP contribution in [0.15, 0.2) is 102 Å². The van der Waals surface area contributed by atoms with Gasteiger partial charge in [-0.05, 0) is 35.7 Å². The molecule has 0 fully saturated rings. The van der Waals surface area contributed by atoms with Crippen molar-refractivity contribution in [3.63, 3.8) is 0 Å². The highest BCUT2D eigenvalue weighted by Crippen LogP contribution is 2.29. The Morgan fingerprint density at radius 3 is 2.53 bits per heavy atom. The van der Waals surface area contributed by atoms with Gasteiger partial charge in [0.15, 0.2) is 11.0 Å². The van der Waals surface area contributed by atoms with Crippen molar-refractivity contribution in [3.05, 3.63) is 97.3 Å². The van der Waals surface area contributed by atoms with Gasteiger partial charge in [0.25, 0.3) is 0 Å². The SMILES string of the molecule is O=C(CSc1nnc(-c2cccnc2)n1-c1ccccc1)Oc1cccc2ccccc12. The summed E-state index contributed by atoms with van der Waals surface area (Å²) in [6, 6.07) is 27.1. The number of thioether (sulfide) groups is 1. The predicted molar refractivity (Wildman–Crippen MR) is 125 cm³/mol. The van der Waals surface area contributed by atoms with Gasteiger partial charge < -0.3 is 4.74 Å². The number of esters is 1. The van der Waals surface area contributed by atoms with Crippen LogP contribution in [-0.2, 0) is 4.79 Å². The second-order valence-electron chi connectivity index (χ2n) is 6.96. The van der Waals surface area contributed by atoms with E-state index in [2.05, 4.69) is 15.2 Å². The summed E-state index contributed by atoms with van der Waals surface area (Å²) in [5.74, 6) is 0.960. The van der Waals surface area contributed by atoms with E-state index in [-0.39, 0.29) is 11.7 Å². The van der Waals surface area contributed by atoms with E-state index in [4.69, 9.17) is 4.74 Å². The average molecular weight is 439 g/mol. The molecule has 2 aromatic heterocycles. The third-order valence-electron chi connectivity index (χ3n) is 4.86. The minimum Gasteiger partial charge on any atom is -0.425 e. The van der Waals surface area contributed by atoms with Crippen LogP contribution < -0.4 is 4.74 Å². The fourth-order valence-corrected chi connectivity index (χ4v) is 4.14. The maximum absolute atomic E-state index is 12.6. The van der Waals surface area contributed by atoms with Crippen molar-refractivity contribution in [2.45, 2.75) is 5.16 Å². The molecule has 0 radical (unpaired) electrons. The lowest BCUT2D eigenvalue weighted by Crippen LogP contribution is -2.11. The Labute approximate surface area is 188 Å². The molecule has 0 bridgehead atoms. The van der Waals surface area contributed by atoms with E-state index in [1.54, 1.807) is 18.5 Å². The first kappa shape index (κ1) is 20.0. The van der Waals surface area contributed by atoms with E-state index < -0.39 is 0 Å². The molecular weight excluding hydrogens is 420 g/mol. The summed E-state index contributed by atoms with van der Waals surface area (Å²) >= 11 is 1.28. The number of benzene rings is 3. The van der Waals surface area contributed by atoms with Gasteiger partial charge in [-0.2, -0.15) is 0 Å². The van der Waals surface area contributed by atoms with Gasteiger partial charge in [-0.3, -0.25) is 14.3 Å². The third kappa shape index (κ3) is 4.10. The number of nitrogens with zero attached hydrogens (tertiary/aromatic N) is 4. The molecule has 5 aromatic rings. The summed E-state index contributed by atoms with van der Waals surface area (Å²) < 4.78 is 7.58. The molecule has 6 nitrogen and oxygen atoms in total. The maximum atomic E-state index is 12.6. The highest BCUT2D eigenvalue weighted by atomic mass is 32.2. The zero-order chi connectivity index (χ0) is 21.8.